The van der Waals surface area contributed by atoms with Gasteiger partial charge in [0.25, 0.3) is 0 Å². The van der Waals surface area contributed by atoms with Crippen LogP contribution in [-0.4, -0.2) is 53.9 Å². The number of aromatic nitrogens is 1. The van der Waals surface area contributed by atoms with Crippen LogP contribution in [0.5, 0.6) is 0 Å². The van der Waals surface area contributed by atoms with E-state index in [1.54, 1.807) is 18.0 Å². The van der Waals surface area contributed by atoms with Crippen molar-refractivity contribution in [1.82, 2.24) is 9.88 Å². The van der Waals surface area contributed by atoms with Gasteiger partial charge in [-0.05, 0) is 37.9 Å². The van der Waals surface area contributed by atoms with E-state index < -0.39 is 0 Å². The number of ether oxygens (including phenoxy) is 1. The number of hydrogen-bond acceptors (Lipinski definition) is 5. The Hall–Kier alpha value is -0.530. The highest BCUT2D eigenvalue weighted by Crippen LogP contribution is 2.16. The number of nitrogens with two attached hydrogens (primary N) is 1. The molecule has 144 valence electrons. The van der Waals surface area contributed by atoms with Crippen molar-refractivity contribution in [3.63, 3.8) is 0 Å². The lowest BCUT2D eigenvalue weighted by Gasteiger charge is -2.32. The zero-order valence-corrected chi connectivity index (χ0v) is 16.9. The lowest BCUT2D eigenvalue weighted by Crippen LogP contribution is -2.41. The van der Waals surface area contributed by atoms with Crippen LogP contribution in [0.2, 0.25) is 0 Å². The Kier molecular flexibility index (Phi) is 14.3. The molecule has 1 fully saturated rings. The highest BCUT2D eigenvalue weighted by Gasteiger charge is 2.22. The molecule has 1 aromatic rings. The summed E-state index contributed by atoms with van der Waals surface area (Å²) in [6.45, 7) is 3.04. The first-order chi connectivity index (χ1) is 11.3. The monoisotopic (exact) mass is 409 g/mol. The van der Waals surface area contributed by atoms with Crippen molar-refractivity contribution in [2.45, 2.75) is 37.5 Å². The summed E-state index contributed by atoms with van der Waals surface area (Å²) in [7, 11) is 0. The zero-order chi connectivity index (χ0) is 16.3. The molecule has 0 aliphatic carbocycles. The van der Waals surface area contributed by atoms with Crippen molar-refractivity contribution in [3.05, 3.63) is 30.1 Å². The standard InChI is InChI=1S/C17H27N3O2S.2ClH/c18-8-3-12-22-16-5-10-20(11-6-16)17(21)7-13-23-14-15-4-1-2-9-19-15;;/h1-2,4,9,16H,3,5-8,10-14,18H2;2*1H. The Morgan fingerprint density at radius 1 is 1.32 bits per heavy atom. The van der Waals surface area contributed by atoms with E-state index in [4.69, 9.17) is 10.5 Å². The third-order valence-corrected chi connectivity index (χ3v) is 4.93. The number of pyridine rings is 1. The molecule has 0 radical (unpaired) electrons. The summed E-state index contributed by atoms with van der Waals surface area (Å²) < 4.78 is 5.77. The Morgan fingerprint density at radius 3 is 2.72 bits per heavy atom. The SMILES string of the molecule is Cl.Cl.NCCCOC1CCN(C(=O)CCSCc2ccccn2)CC1. The molecule has 1 saturated heterocycles. The lowest BCUT2D eigenvalue weighted by molar-refractivity contribution is -0.133. The number of carbonyl (C=O) groups is 1. The smallest absolute Gasteiger partial charge is 0.223 e. The first kappa shape index (κ1) is 24.5. The first-order valence-electron chi connectivity index (χ1n) is 8.36. The molecule has 2 heterocycles. The van der Waals surface area contributed by atoms with Crippen molar-refractivity contribution in [2.24, 2.45) is 5.73 Å². The molecule has 1 aliphatic rings. The maximum absolute atomic E-state index is 12.2. The van der Waals surface area contributed by atoms with Crippen LogP contribution in [0, 0.1) is 0 Å². The lowest BCUT2D eigenvalue weighted by atomic mass is 10.1. The molecule has 1 aromatic heterocycles. The molecule has 5 nitrogen and oxygen atoms in total. The number of nitrogens with zero attached hydrogens (tertiary/aromatic N) is 2. The second-order valence-electron chi connectivity index (χ2n) is 5.72. The molecular weight excluding hydrogens is 381 g/mol. The minimum absolute atomic E-state index is 0. The second-order valence-corrected chi connectivity index (χ2v) is 6.82. The molecule has 25 heavy (non-hydrogen) atoms. The van der Waals surface area contributed by atoms with E-state index in [1.807, 2.05) is 23.1 Å². The topological polar surface area (TPSA) is 68.5 Å². The molecule has 0 bridgehead atoms. The summed E-state index contributed by atoms with van der Waals surface area (Å²) in [6, 6.07) is 5.93. The van der Waals surface area contributed by atoms with Gasteiger partial charge in [-0.25, -0.2) is 0 Å². The highest BCUT2D eigenvalue weighted by atomic mass is 35.5. The summed E-state index contributed by atoms with van der Waals surface area (Å²) in [5, 5.41) is 0. The number of rotatable bonds is 9. The molecule has 1 aliphatic heterocycles. The number of piperidine rings is 1. The molecule has 0 aromatic carbocycles. The molecule has 2 N–H and O–H groups in total. The molecule has 1 amide bonds. The van der Waals surface area contributed by atoms with Crippen LogP contribution in [0.3, 0.4) is 0 Å². The van der Waals surface area contributed by atoms with Gasteiger partial charge in [-0.2, -0.15) is 11.8 Å². The number of thioether (sulfide) groups is 1. The van der Waals surface area contributed by atoms with Gasteiger partial charge >= 0.3 is 0 Å². The summed E-state index contributed by atoms with van der Waals surface area (Å²) >= 11 is 1.77. The molecule has 0 saturated carbocycles. The van der Waals surface area contributed by atoms with Gasteiger partial charge in [-0.15, -0.1) is 24.8 Å². The van der Waals surface area contributed by atoms with E-state index in [9.17, 15) is 4.79 Å². The van der Waals surface area contributed by atoms with Crippen molar-refractivity contribution >= 4 is 42.5 Å². The van der Waals surface area contributed by atoms with Crippen molar-refractivity contribution in [1.29, 1.82) is 0 Å². The Labute approximate surface area is 167 Å². The van der Waals surface area contributed by atoms with E-state index in [1.165, 1.54) is 0 Å². The largest absolute Gasteiger partial charge is 0.378 e. The number of likely N-dealkylation sites (tertiary alicyclic amines) is 1. The fourth-order valence-corrected chi connectivity index (χ4v) is 3.43. The van der Waals surface area contributed by atoms with Crippen LogP contribution in [0.15, 0.2) is 24.4 Å². The van der Waals surface area contributed by atoms with E-state index in [0.29, 0.717) is 19.1 Å². The predicted octanol–water partition coefficient (Wildman–Crippen LogP) is 2.90. The predicted molar refractivity (Wildman–Crippen MR) is 109 cm³/mol. The van der Waals surface area contributed by atoms with Gasteiger partial charge in [0, 0.05) is 43.8 Å². The van der Waals surface area contributed by atoms with Gasteiger partial charge in [-0.1, -0.05) is 6.07 Å². The van der Waals surface area contributed by atoms with Crippen LogP contribution >= 0.6 is 36.6 Å². The quantitative estimate of drug-likeness (QED) is 0.634. The average molecular weight is 410 g/mol. The van der Waals surface area contributed by atoms with Gasteiger partial charge in [0.15, 0.2) is 0 Å². The van der Waals surface area contributed by atoms with Crippen LogP contribution in [0.25, 0.3) is 0 Å². The minimum Gasteiger partial charge on any atom is -0.378 e. The van der Waals surface area contributed by atoms with E-state index in [-0.39, 0.29) is 30.7 Å². The van der Waals surface area contributed by atoms with Gasteiger partial charge in [0.2, 0.25) is 5.91 Å². The van der Waals surface area contributed by atoms with Crippen LogP contribution in [0.4, 0.5) is 0 Å². The van der Waals surface area contributed by atoms with E-state index >= 15 is 0 Å². The maximum Gasteiger partial charge on any atom is 0.223 e. The molecule has 0 spiro atoms. The van der Waals surface area contributed by atoms with Crippen LogP contribution in [0.1, 0.15) is 31.4 Å². The van der Waals surface area contributed by atoms with E-state index in [0.717, 1.165) is 56.2 Å². The summed E-state index contributed by atoms with van der Waals surface area (Å²) in [5.41, 5.74) is 6.53. The fourth-order valence-electron chi connectivity index (χ4n) is 2.58. The summed E-state index contributed by atoms with van der Waals surface area (Å²) in [4.78, 5) is 18.5. The Balaban J connectivity index is 0.00000288. The Bertz CT molecular complexity index is 460. The molecular formula is C17H29Cl2N3O2S. The third kappa shape index (κ3) is 9.66. The number of halogens is 2. The van der Waals surface area contributed by atoms with Crippen molar-refractivity contribution < 1.29 is 9.53 Å². The normalized spacial score (nSPS) is 14.5. The van der Waals surface area contributed by atoms with Crippen LogP contribution in [-0.2, 0) is 15.3 Å². The number of hydrogen-bond donors (Lipinski definition) is 1. The van der Waals surface area contributed by atoms with Crippen molar-refractivity contribution in [3.8, 4) is 0 Å². The molecule has 2 rings (SSSR count). The number of amides is 1. The van der Waals surface area contributed by atoms with Gasteiger partial charge < -0.3 is 15.4 Å². The fraction of sp³-hybridized carbons (Fsp3) is 0.647. The molecule has 0 atom stereocenters. The maximum atomic E-state index is 12.2. The zero-order valence-electron chi connectivity index (χ0n) is 14.5. The molecule has 8 heteroatoms. The summed E-state index contributed by atoms with van der Waals surface area (Å²) in [6.07, 6.45) is 5.50. The Morgan fingerprint density at radius 2 is 2.08 bits per heavy atom. The van der Waals surface area contributed by atoms with Gasteiger partial charge in [0.05, 0.1) is 11.8 Å². The third-order valence-electron chi connectivity index (χ3n) is 3.93. The molecule has 0 unspecified atom stereocenters. The van der Waals surface area contributed by atoms with Gasteiger partial charge in [0.1, 0.15) is 0 Å². The van der Waals surface area contributed by atoms with Gasteiger partial charge in [-0.3, -0.25) is 9.78 Å². The van der Waals surface area contributed by atoms with Crippen molar-refractivity contribution in [2.75, 3.05) is 32.0 Å². The second kappa shape index (κ2) is 14.6. The first-order valence-corrected chi connectivity index (χ1v) is 9.52. The van der Waals surface area contributed by atoms with E-state index in [2.05, 4.69) is 4.98 Å². The number of carbonyl (C=O) groups excluding carboxylic acids is 1. The highest BCUT2D eigenvalue weighted by molar-refractivity contribution is 7.98. The summed E-state index contributed by atoms with van der Waals surface area (Å²) in [5.74, 6) is 1.98. The average Bonchev–Trinajstić information content (AvgIpc) is 2.60. The van der Waals surface area contributed by atoms with Crippen LogP contribution < -0.4 is 5.73 Å². The minimum atomic E-state index is 0.